The van der Waals surface area contributed by atoms with Gasteiger partial charge in [0.25, 0.3) is 0 Å². The van der Waals surface area contributed by atoms with E-state index in [0.29, 0.717) is 18.2 Å². The molecule has 134 valence electrons. The molecule has 0 amide bonds. The van der Waals surface area contributed by atoms with Crippen molar-refractivity contribution in [2.45, 2.75) is 46.7 Å². The Balaban J connectivity index is 2.08. The zero-order chi connectivity index (χ0) is 18.3. The van der Waals surface area contributed by atoms with Gasteiger partial charge >= 0.3 is 0 Å². The Hall–Kier alpha value is -1.88. The lowest BCUT2D eigenvalue weighted by Crippen LogP contribution is -2.22. The summed E-state index contributed by atoms with van der Waals surface area (Å²) in [7, 11) is 0. The zero-order valence-electron chi connectivity index (χ0n) is 15.1. The fourth-order valence-corrected chi connectivity index (χ4v) is 3.90. The maximum absolute atomic E-state index is 14.4. The molecule has 0 spiro atoms. The molecule has 0 saturated carbocycles. The third-order valence-corrected chi connectivity index (χ3v) is 5.10. The van der Waals surface area contributed by atoms with Crippen LogP contribution in [0.3, 0.4) is 0 Å². The maximum atomic E-state index is 14.4. The maximum Gasteiger partial charge on any atom is 0.149 e. The van der Waals surface area contributed by atoms with Crippen LogP contribution >= 0.6 is 11.6 Å². The summed E-state index contributed by atoms with van der Waals surface area (Å²) in [5, 5.41) is 0.272. The molecule has 0 saturated heterocycles. The summed E-state index contributed by atoms with van der Waals surface area (Å²) < 4.78 is 16.4. The first-order chi connectivity index (χ1) is 11.8. The number of imidazole rings is 1. The van der Waals surface area contributed by atoms with E-state index in [2.05, 4.69) is 23.8 Å². The molecule has 2 N–H and O–H groups in total. The molecule has 0 bridgehead atoms. The van der Waals surface area contributed by atoms with Gasteiger partial charge in [-0.2, -0.15) is 0 Å². The average molecular weight is 363 g/mol. The second-order valence-corrected chi connectivity index (χ2v) is 7.63. The van der Waals surface area contributed by atoms with Crippen LogP contribution < -0.4 is 5.73 Å². The Morgan fingerprint density at radius 3 is 2.80 bits per heavy atom. The van der Waals surface area contributed by atoms with Crippen LogP contribution in [0.1, 0.15) is 38.7 Å². The summed E-state index contributed by atoms with van der Waals surface area (Å²) in [5.41, 5.74) is 9.84. The number of hydrogen-bond donors (Lipinski definition) is 1. The molecule has 2 unspecified atom stereocenters. The molecule has 2 aromatic heterocycles. The number of nitrogens with zero attached hydrogens (tertiary/aromatic N) is 3. The van der Waals surface area contributed by atoms with E-state index in [1.807, 2.05) is 24.4 Å². The van der Waals surface area contributed by atoms with E-state index < -0.39 is 6.17 Å². The molecule has 0 radical (unpaired) electrons. The van der Waals surface area contributed by atoms with E-state index in [9.17, 15) is 4.39 Å². The Bertz CT molecular complexity index is 866. The Morgan fingerprint density at radius 2 is 2.12 bits per heavy atom. The summed E-state index contributed by atoms with van der Waals surface area (Å²) in [6.07, 6.45) is 5.62. The highest BCUT2D eigenvalue weighted by Gasteiger charge is 2.30. The van der Waals surface area contributed by atoms with Crippen molar-refractivity contribution < 1.29 is 4.39 Å². The second-order valence-electron chi connectivity index (χ2n) is 7.19. The Morgan fingerprint density at radius 1 is 1.40 bits per heavy atom. The van der Waals surface area contributed by atoms with E-state index in [4.69, 9.17) is 17.3 Å². The number of hydrogen-bond acceptors (Lipinski definition) is 3. The summed E-state index contributed by atoms with van der Waals surface area (Å²) in [4.78, 5) is 8.81. The fraction of sp³-hybridized carbons (Fsp3) is 0.474. The van der Waals surface area contributed by atoms with Gasteiger partial charge in [0, 0.05) is 24.7 Å². The molecule has 0 aromatic carbocycles. The van der Waals surface area contributed by atoms with Gasteiger partial charge < -0.3 is 5.73 Å². The van der Waals surface area contributed by atoms with Gasteiger partial charge in [0.15, 0.2) is 0 Å². The number of nitrogen functional groups attached to an aromatic ring is 1. The molecule has 0 aliphatic heterocycles. The van der Waals surface area contributed by atoms with E-state index in [0.717, 1.165) is 34.6 Å². The van der Waals surface area contributed by atoms with Crippen LogP contribution in [0.2, 0.25) is 0 Å². The minimum Gasteiger partial charge on any atom is -0.382 e. The van der Waals surface area contributed by atoms with E-state index >= 15 is 0 Å². The normalized spacial score (nSPS) is 21.3. The number of halogens is 2. The highest BCUT2D eigenvalue weighted by molar-refractivity contribution is 6.30. The lowest BCUT2D eigenvalue weighted by atomic mass is 9.81. The van der Waals surface area contributed by atoms with Crippen LogP contribution in [0.15, 0.2) is 34.6 Å². The highest BCUT2D eigenvalue weighted by Crippen LogP contribution is 2.38. The van der Waals surface area contributed by atoms with Gasteiger partial charge in [0.2, 0.25) is 0 Å². The van der Waals surface area contributed by atoms with Crippen molar-refractivity contribution >= 4 is 22.9 Å². The minimum absolute atomic E-state index is 0.214. The predicted octanol–water partition coefficient (Wildman–Crippen LogP) is 4.62. The van der Waals surface area contributed by atoms with Crippen LogP contribution in [0.5, 0.6) is 0 Å². The molecular weight excluding hydrogens is 339 g/mol. The van der Waals surface area contributed by atoms with Crippen molar-refractivity contribution in [1.29, 1.82) is 0 Å². The number of nitrogens with two attached hydrogens (primary N) is 1. The van der Waals surface area contributed by atoms with E-state index in [1.54, 1.807) is 12.3 Å². The number of rotatable bonds is 4. The number of aryl methyl sites for hydroxylation is 1. The van der Waals surface area contributed by atoms with Crippen LogP contribution in [-0.2, 0) is 6.42 Å². The van der Waals surface area contributed by atoms with E-state index in [-0.39, 0.29) is 11.0 Å². The smallest absolute Gasteiger partial charge is 0.149 e. The number of allylic oxidation sites excluding steroid dienone is 4. The number of anilines is 1. The second kappa shape index (κ2) is 6.79. The van der Waals surface area contributed by atoms with Crippen molar-refractivity contribution in [2.24, 2.45) is 11.8 Å². The standard InChI is InChI=1S/C19H24ClFN4/c1-10(2)7-14-11(3)17(21)15(20)8-13(14)9-16-24-12(4)18-19(22)23-5-6-25(16)18/h5-6,8,10-11,17H,7,9H2,1-4H3,(H2,22,23). The molecular formula is C19H24ClFN4. The van der Waals surface area contributed by atoms with Crippen LogP contribution in [0.25, 0.3) is 5.52 Å². The van der Waals surface area contributed by atoms with E-state index in [1.165, 1.54) is 0 Å². The highest BCUT2D eigenvalue weighted by atomic mass is 35.5. The molecule has 2 aromatic rings. The van der Waals surface area contributed by atoms with Gasteiger partial charge in [-0.05, 0) is 30.9 Å². The monoisotopic (exact) mass is 362 g/mol. The van der Waals surface area contributed by atoms with Crippen molar-refractivity contribution in [1.82, 2.24) is 14.4 Å². The molecule has 0 fully saturated rings. The van der Waals surface area contributed by atoms with Gasteiger partial charge in [-0.25, -0.2) is 14.4 Å². The third kappa shape index (κ3) is 3.30. The van der Waals surface area contributed by atoms with Gasteiger partial charge in [-0.15, -0.1) is 0 Å². The predicted molar refractivity (Wildman–Crippen MR) is 100 cm³/mol. The molecule has 3 rings (SSSR count). The molecule has 4 nitrogen and oxygen atoms in total. The lowest BCUT2D eigenvalue weighted by molar-refractivity contribution is 0.306. The zero-order valence-corrected chi connectivity index (χ0v) is 15.8. The Labute approximate surface area is 152 Å². The summed E-state index contributed by atoms with van der Waals surface area (Å²) in [5.74, 6) is 1.56. The van der Waals surface area contributed by atoms with Gasteiger partial charge in [0.1, 0.15) is 23.3 Å². The SMILES string of the molecule is Cc1nc(CC2=C(CC(C)C)C(C)C(F)C(Cl)=C2)n2ccnc(N)c12. The largest absolute Gasteiger partial charge is 0.382 e. The average Bonchev–Trinajstić information content (AvgIpc) is 2.86. The minimum atomic E-state index is -1.13. The molecule has 1 aliphatic carbocycles. The third-order valence-electron chi connectivity index (χ3n) is 4.78. The van der Waals surface area contributed by atoms with Crippen LogP contribution in [-0.4, -0.2) is 20.5 Å². The molecule has 2 atom stereocenters. The number of aromatic nitrogens is 3. The van der Waals surface area contributed by atoms with Crippen molar-refractivity contribution in [2.75, 3.05) is 5.73 Å². The first kappa shape index (κ1) is 17.9. The van der Waals surface area contributed by atoms with Crippen molar-refractivity contribution in [3.8, 4) is 0 Å². The lowest BCUT2D eigenvalue weighted by Gasteiger charge is -2.28. The molecule has 1 aliphatic rings. The number of alkyl halides is 1. The molecule has 6 heteroatoms. The topological polar surface area (TPSA) is 56.2 Å². The summed E-state index contributed by atoms with van der Waals surface area (Å²) >= 11 is 6.17. The van der Waals surface area contributed by atoms with Gasteiger partial charge in [-0.3, -0.25) is 4.40 Å². The summed E-state index contributed by atoms with van der Waals surface area (Å²) in [6.45, 7) is 8.12. The first-order valence-corrected chi connectivity index (χ1v) is 8.98. The van der Waals surface area contributed by atoms with Crippen LogP contribution in [0, 0.1) is 18.8 Å². The quantitative estimate of drug-likeness (QED) is 0.863. The van der Waals surface area contributed by atoms with Crippen molar-refractivity contribution in [3.63, 3.8) is 0 Å². The Kier molecular flexibility index (Phi) is 4.87. The molecule has 25 heavy (non-hydrogen) atoms. The van der Waals surface area contributed by atoms with Crippen molar-refractivity contribution in [3.05, 3.63) is 46.2 Å². The summed E-state index contributed by atoms with van der Waals surface area (Å²) in [6, 6.07) is 0. The van der Waals surface area contributed by atoms with Gasteiger partial charge in [0.05, 0.1) is 10.7 Å². The first-order valence-electron chi connectivity index (χ1n) is 8.60. The molecule has 2 heterocycles. The number of fused-ring (bicyclic) bond motifs is 1. The fourth-order valence-electron chi connectivity index (χ4n) is 3.58. The van der Waals surface area contributed by atoms with Gasteiger partial charge in [-0.1, -0.05) is 37.9 Å². The van der Waals surface area contributed by atoms with Crippen LogP contribution in [0.4, 0.5) is 10.2 Å².